The number of nitrogens with one attached hydrogen (secondary N) is 2. The first-order valence-corrected chi connectivity index (χ1v) is 10.00. The zero-order chi connectivity index (χ0) is 21.8. The number of halogens is 2. The normalized spacial score (nSPS) is 10.8. The van der Waals surface area contributed by atoms with E-state index in [1.807, 2.05) is 13.0 Å². The van der Waals surface area contributed by atoms with Gasteiger partial charge in [-0.15, -0.1) is 0 Å². The summed E-state index contributed by atoms with van der Waals surface area (Å²) in [7, 11) is 0. The highest BCUT2D eigenvalue weighted by molar-refractivity contribution is 7.80. The van der Waals surface area contributed by atoms with Crippen LogP contribution in [-0.2, 0) is 13.1 Å². The smallest absolute Gasteiger partial charge is 0.176 e. The predicted octanol–water partition coefficient (Wildman–Crippen LogP) is 4.57. The van der Waals surface area contributed by atoms with Crippen LogP contribution in [0.4, 0.5) is 20.3 Å². The number of benzene rings is 2. The lowest BCUT2D eigenvalue weighted by Gasteiger charge is -2.07. The van der Waals surface area contributed by atoms with E-state index in [1.54, 1.807) is 52.1 Å². The van der Waals surface area contributed by atoms with Gasteiger partial charge in [-0.3, -0.25) is 9.36 Å². The fourth-order valence-corrected chi connectivity index (χ4v) is 3.31. The van der Waals surface area contributed by atoms with Crippen LogP contribution in [0.2, 0.25) is 0 Å². The monoisotopic (exact) mass is 438 g/mol. The number of rotatable bonds is 6. The summed E-state index contributed by atoms with van der Waals surface area (Å²) in [5, 5.41) is 15.2. The third-order valence-electron chi connectivity index (χ3n) is 4.65. The number of thiocarbonyl (C=S) groups is 1. The molecule has 0 saturated carbocycles. The summed E-state index contributed by atoms with van der Waals surface area (Å²) in [4.78, 5) is 0. The molecule has 0 atom stereocenters. The molecule has 4 aromatic rings. The summed E-state index contributed by atoms with van der Waals surface area (Å²) in [6.45, 7) is 2.74. The quantitative estimate of drug-likeness (QED) is 0.432. The molecule has 0 aliphatic rings. The predicted molar refractivity (Wildman–Crippen MR) is 120 cm³/mol. The molecular weight excluding hydrogens is 418 g/mol. The zero-order valence-corrected chi connectivity index (χ0v) is 17.5. The Labute approximate surface area is 183 Å². The lowest BCUT2D eigenvalue weighted by Crippen LogP contribution is -2.19. The number of nitrogens with zero attached hydrogens (tertiary/aromatic N) is 4. The third-order valence-corrected chi connectivity index (χ3v) is 4.85. The van der Waals surface area contributed by atoms with E-state index in [-0.39, 0.29) is 11.6 Å². The largest absolute Gasteiger partial charge is 0.330 e. The molecule has 2 heterocycles. The van der Waals surface area contributed by atoms with Crippen LogP contribution in [0, 0.1) is 18.6 Å². The summed E-state index contributed by atoms with van der Waals surface area (Å²) in [6, 6.07) is 14.7. The van der Waals surface area contributed by atoms with Crippen molar-refractivity contribution in [2.45, 2.75) is 20.0 Å². The van der Waals surface area contributed by atoms with Gasteiger partial charge in [0.2, 0.25) is 0 Å². The molecule has 9 heteroatoms. The Morgan fingerprint density at radius 2 is 1.81 bits per heavy atom. The fourth-order valence-electron chi connectivity index (χ4n) is 3.09. The van der Waals surface area contributed by atoms with Crippen LogP contribution in [-0.4, -0.2) is 24.7 Å². The number of anilines is 2. The first kappa shape index (κ1) is 20.7. The van der Waals surface area contributed by atoms with Crippen molar-refractivity contribution in [3.05, 3.63) is 95.4 Å². The Morgan fingerprint density at radius 1 is 1.03 bits per heavy atom. The van der Waals surface area contributed by atoms with Gasteiger partial charge in [-0.25, -0.2) is 8.78 Å². The first-order valence-electron chi connectivity index (χ1n) is 9.59. The van der Waals surface area contributed by atoms with Gasteiger partial charge in [0.1, 0.15) is 11.6 Å². The molecule has 2 aromatic carbocycles. The molecule has 0 amide bonds. The van der Waals surface area contributed by atoms with Crippen LogP contribution < -0.4 is 10.6 Å². The summed E-state index contributed by atoms with van der Waals surface area (Å²) < 4.78 is 30.4. The van der Waals surface area contributed by atoms with Crippen molar-refractivity contribution >= 4 is 28.8 Å². The minimum Gasteiger partial charge on any atom is -0.330 e. The minimum atomic E-state index is -0.269. The van der Waals surface area contributed by atoms with Crippen LogP contribution in [0.25, 0.3) is 0 Å². The molecular formula is C22H20F2N6S. The topological polar surface area (TPSA) is 59.7 Å². The van der Waals surface area contributed by atoms with E-state index in [0.29, 0.717) is 35.3 Å². The van der Waals surface area contributed by atoms with Crippen LogP contribution in [0.5, 0.6) is 0 Å². The van der Waals surface area contributed by atoms with Crippen LogP contribution in [0.1, 0.15) is 16.8 Å². The maximum atomic E-state index is 13.9. The second-order valence-electron chi connectivity index (χ2n) is 7.05. The van der Waals surface area contributed by atoms with Gasteiger partial charge in [0, 0.05) is 23.5 Å². The Kier molecular flexibility index (Phi) is 6.03. The molecule has 158 valence electrons. The van der Waals surface area contributed by atoms with Crippen molar-refractivity contribution in [3.8, 4) is 0 Å². The molecule has 6 nitrogen and oxygen atoms in total. The van der Waals surface area contributed by atoms with Gasteiger partial charge in [0.15, 0.2) is 10.9 Å². The highest BCUT2D eigenvalue weighted by atomic mass is 32.1. The summed E-state index contributed by atoms with van der Waals surface area (Å²) in [6.07, 6.45) is 3.46. The average molecular weight is 439 g/mol. The molecule has 2 N–H and O–H groups in total. The molecule has 0 fully saturated rings. The summed E-state index contributed by atoms with van der Waals surface area (Å²) >= 11 is 5.36. The number of aryl methyl sites for hydroxylation is 1. The van der Waals surface area contributed by atoms with E-state index in [4.69, 9.17) is 12.2 Å². The lowest BCUT2D eigenvalue weighted by molar-refractivity contribution is 0.581. The lowest BCUT2D eigenvalue weighted by atomic mass is 10.2. The van der Waals surface area contributed by atoms with Crippen molar-refractivity contribution in [1.82, 2.24) is 19.6 Å². The Bertz CT molecular complexity index is 1200. The number of hydrogen-bond donors (Lipinski definition) is 2. The van der Waals surface area contributed by atoms with Crippen LogP contribution >= 0.6 is 12.2 Å². The van der Waals surface area contributed by atoms with Gasteiger partial charge < -0.3 is 10.6 Å². The van der Waals surface area contributed by atoms with E-state index in [2.05, 4.69) is 20.8 Å². The van der Waals surface area contributed by atoms with E-state index >= 15 is 0 Å². The Balaban J connectivity index is 1.35. The minimum absolute atomic E-state index is 0.262. The molecule has 0 aliphatic carbocycles. The van der Waals surface area contributed by atoms with Gasteiger partial charge in [-0.1, -0.05) is 30.3 Å². The van der Waals surface area contributed by atoms with Crippen molar-refractivity contribution < 1.29 is 8.78 Å². The van der Waals surface area contributed by atoms with E-state index in [9.17, 15) is 8.78 Å². The Hall–Kier alpha value is -3.59. The SMILES string of the molecule is Cc1cc(NC(=S)Nc2cnn(Cc3ccc(F)cc3)c2)nn1Cc1ccccc1F. The van der Waals surface area contributed by atoms with E-state index in [0.717, 1.165) is 11.3 Å². The molecule has 2 aromatic heterocycles. The highest BCUT2D eigenvalue weighted by Crippen LogP contribution is 2.15. The number of aromatic nitrogens is 4. The van der Waals surface area contributed by atoms with Gasteiger partial charge in [0.25, 0.3) is 0 Å². The molecule has 4 rings (SSSR count). The molecule has 0 unspecified atom stereocenters. The maximum absolute atomic E-state index is 13.9. The van der Waals surface area contributed by atoms with Gasteiger partial charge in [-0.05, 0) is 42.9 Å². The highest BCUT2D eigenvalue weighted by Gasteiger charge is 2.09. The van der Waals surface area contributed by atoms with Gasteiger partial charge >= 0.3 is 0 Å². The summed E-state index contributed by atoms with van der Waals surface area (Å²) in [5.74, 6) is 0.0290. The van der Waals surface area contributed by atoms with Gasteiger partial charge in [0.05, 0.1) is 25.0 Å². The third kappa shape index (κ3) is 5.32. The zero-order valence-electron chi connectivity index (χ0n) is 16.7. The Morgan fingerprint density at radius 3 is 2.58 bits per heavy atom. The number of hydrogen-bond acceptors (Lipinski definition) is 3. The summed E-state index contributed by atoms with van der Waals surface area (Å²) in [5.41, 5.74) is 3.09. The average Bonchev–Trinajstić information content (AvgIpc) is 3.31. The molecule has 0 radical (unpaired) electrons. The molecule has 0 aliphatic heterocycles. The molecule has 0 bridgehead atoms. The van der Waals surface area contributed by atoms with Crippen LogP contribution in [0.15, 0.2) is 67.0 Å². The van der Waals surface area contributed by atoms with Crippen molar-refractivity contribution in [2.24, 2.45) is 0 Å². The second-order valence-corrected chi connectivity index (χ2v) is 7.46. The maximum Gasteiger partial charge on any atom is 0.176 e. The molecule has 0 saturated heterocycles. The molecule has 31 heavy (non-hydrogen) atoms. The fraction of sp³-hybridized carbons (Fsp3) is 0.136. The van der Waals surface area contributed by atoms with Crippen molar-refractivity contribution in [1.29, 1.82) is 0 Å². The first-order chi connectivity index (χ1) is 15.0. The standard InChI is InChI=1S/C22H20F2N6S/c1-15-10-21(28-30(15)13-17-4-2-3-5-20(17)24)27-22(31)26-19-11-25-29(14-19)12-16-6-8-18(23)9-7-16/h2-11,14H,12-13H2,1H3,(H2,26,27,28,31). The van der Waals surface area contributed by atoms with Crippen molar-refractivity contribution in [3.63, 3.8) is 0 Å². The van der Waals surface area contributed by atoms with Crippen molar-refractivity contribution in [2.75, 3.05) is 10.6 Å². The van der Waals surface area contributed by atoms with Gasteiger partial charge in [-0.2, -0.15) is 10.2 Å². The van der Waals surface area contributed by atoms with E-state index < -0.39 is 0 Å². The second kappa shape index (κ2) is 9.05. The van der Waals surface area contributed by atoms with Crippen LogP contribution in [0.3, 0.4) is 0 Å². The molecule has 0 spiro atoms. The van der Waals surface area contributed by atoms with E-state index in [1.165, 1.54) is 18.2 Å².